The lowest BCUT2D eigenvalue weighted by atomic mass is 9.95. The second kappa shape index (κ2) is 5.97. The lowest BCUT2D eigenvalue weighted by molar-refractivity contribution is 0.0705. The third-order valence-corrected chi connectivity index (χ3v) is 5.79. The summed E-state index contributed by atoms with van der Waals surface area (Å²) >= 11 is 0. The predicted octanol–water partition coefficient (Wildman–Crippen LogP) is 3.03. The fourth-order valence-electron chi connectivity index (χ4n) is 4.35. The molecule has 1 aromatic carbocycles. The summed E-state index contributed by atoms with van der Waals surface area (Å²) in [5, 5.41) is 9.86. The van der Waals surface area contributed by atoms with Crippen molar-refractivity contribution in [1.82, 2.24) is 24.6 Å². The average molecular weight is 349 g/mol. The molecular weight excluding hydrogens is 326 g/mol. The van der Waals surface area contributed by atoms with Crippen molar-refractivity contribution < 1.29 is 4.79 Å². The van der Waals surface area contributed by atoms with Crippen molar-refractivity contribution in [2.75, 3.05) is 13.1 Å². The first kappa shape index (κ1) is 15.6. The maximum atomic E-state index is 12.9. The molecule has 4 heterocycles. The number of piperidine rings is 1. The molecule has 1 amide bonds. The molecular formula is C20H23N5O. The largest absolute Gasteiger partial charge is 0.351 e. The minimum absolute atomic E-state index is 0.101. The molecule has 2 aromatic heterocycles. The fraction of sp³-hybridized carbons (Fsp3) is 0.450. The highest BCUT2D eigenvalue weighted by molar-refractivity contribution is 5.98. The number of fused-ring (bicyclic) bond motifs is 2. The lowest BCUT2D eigenvalue weighted by Gasteiger charge is -2.31. The molecule has 6 heteroatoms. The first-order chi connectivity index (χ1) is 12.7. The van der Waals surface area contributed by atoms with Gasteiger partial charge in [0.1, 0.15) is 17.3 Å². The first-order valence-corrected chi connectivity index (χ1v) is 9.49. The van der Waals surface area contributed by atoms with Gasteiger partial charge in [0, 0.05) is 42.9 Å². The van der Waals surface area contributed by atoms with Crippen LogP contribution in [0, 0.1) is 6.92 Å². The smallest absolute Gasteiger partial charge is 0.270 e. The number of nitrogens with zero attached hydrogens (tertiary/aromatic N) is 4. The molecule has 0 unspecified atom stereocenters. The lowest BCUT2D eigenvalue weighted by Crippen LogP contribution is -2.38. The van der Waals surface area contributed by atoms with Crippen LogP contribution in [0.1, 0.15) is 52.9 Å². The van der Waals surface area contributed by atoms with E-state index in [0.717, 1.165) is 61.4 Å². The zero-order valence-corrected chi connectivity index (χ0v) is 15.0. The van der Waals surface area contributed by atoms with Crippen molar-refractivity contribution in [2.45, 2.75) is 45.1 Å². The van der Waals surface area contributed by atoms with Crippen LogP contribution in [0.5, 0.6) is 0 Å². The van der Waals surface area contributed by atoms with E-state index in [1.165, 1.54) is 12.0 Å². The Balaban J connectivity index is 1.30. The monoisotopic (exact) mass is 349 g/mol. The van der Waals surface area contributed by atoms with Gasteiger partial charge in [0.15, 0.2) is 0 Å². The van der Waals surface area contributed by atoms with Crippen LogP contribution in [0.4, 0.5) is 0 Å². The number of carbonyl (C=O) groups is 1. The van der Waals surface area contributed by atoms with E-state index in [1.54, 1.807) is 0 Å². The highest BCUT2D eigenvalue weighted by atomic mass is 16.2. The summed E-state index contributed by atoms with van der Waals surface area (Å²) in [5.74, 6) is 2.78. The van der Waals surface area contributed by atoms with Gasteiger partial charge in [0.25, 0.3) is 5.91 Å². The van der Waals surface area contributed by atoms with Crippen LogP contribution in [-0.2, 0) is 13.0 Å². The molecule has 0 spiro atoms. The van der Waals surface area contributed by atoms with E-state index in [-0.39, 0.29) is 5.91 Å². The quantitative estimate of drug-likeness (QED) is 0.773. The Morgan fingerprint density at radius 2 is 2.00 bits per heavy atom. The number of H-pyrrole nitrogens is 1. The van der Waals surface area contributed by atoms with E-state index < -0.39 is 0 Å². The van der Waals surface area contributed by atoms with Crippen molar-refractivity contribution in [1.29, 1.82) is 0 Å². The minimum atomic E-state index is 0.101. The highest BCUT2D eigenvalue weighted by Crippen LogP contribution is 2.30. The summed E-state index contributed by atoms with van der Waals surface area (Å²) in [5.41, 5.74) is 2.91. The van der Waals surface area contributed by atoms with Gasteiger partial charge in [0.2, 0.25) is 0 Å². The fourth-order valence-corrected chi connectivity index (χ4v) is 4.35. The van der Waals surface area contributed by atoms with E-state index in [0.29, 0.717) is 11.6 Å². The number of likely N-dealkylation sites (tertiary alicyclic amines) is 1. The van der Waals surface area contributed by atoms with Crippen LogP contribution < -0.4 is 0 Å². The van der Waals surface area contributed by atoms with E-state index in [2.05, 4.69) is 38.8 Å². The number of aromatic amines is 1. The van der Waals surface area contributed by atoms with E-state index in [1.807, 2.05) is 17.0 Å². The number of rotatable bonds is 2. The van der Waals surface area contributed by atoms with Crippen LogP contribution in [0.25, 0.3) is 10.9 Å². The molecule has 2 aliphatic heterocycles. The molecule has 6 nitrogen and oxygen atoms in total. The highest BCUT2D eigenvalue weighted by Gasteiger charge is 2.30. The number of benzene rings is 1. The summed E-state index contributed by atoms with van der Waals surface area (Å²) in [7, 11) is 0. The molecule has 1 saturated heterocycles. The van der Waals surface area contributed by atoms with Crippen molar-refractivity contribution in [3.63, 3.8) is 0 Å². The number of hydrogen-bond donors (Lipinski definition) is 1. The van der Waals surface area contributed by atoms with Gasteiger partial charge in [-0.3, -0.25) is 4.79 Å². The van der Waals surface area contributed by atoms with Crippen molar-refractivity contribution in [3.05, 3.63) is 47.2 Å². The normalized spacial score (nSPS) is 17.8. The van der Waals surface area contributed by atoms with Gasteiger partial charge < -0.3 is 14.5 Å². The maximum Gasteiger partial charge on any atom is 0.270 e. The predicted molar refractivity (Wildman–Crippen MR) is 99.3 cm³/mol. The van der Waals surface area contributed by atoms with Gasteiger partial charge >= 0.3 is 0 Å². The molecule has 0 aliphatic carbocycles. The summed E-state index contributed by atoms with van der Waals surface area (Å²) in [6.45, 7) is 4.67. The second-order valence-corrected chi connectivity index (χ2v) is 7.57. The van der Waals surface area contributed by atoms with Gasteiger partial charge in [-0.15, -0.1) is 10.2 Å². The summed E-state index contributed by atoms with van der Waals surface area (Å²) < 4.78 is 2.29. The van der Waals surface area contributed by atoms with Crippen LogP contribution in [-0.4, -0.2) is 43.6 Å². The molecule has 0 bridgehead atoms. The maximum absolute atomic E-state index is 12.9. The molecule has 0 saturated carbocycles. The van der Waals surface area contributed by atoms with Gasteiger partial charge in [-0.05, 0) is 44.4 Å². The Labute approximate surface area is 152 Å². The second-order valence-electron chi connectivity index (χ2n) is 7.57. The van der Waals surface area contributed by atoms with E-state index in [4.69, 9.17) is 0 Å². The summed E-state index contributed by atoms with van der Waals surface area (Å²) in [6, 6.07) is 8.19. The Morgan fingerprint density at radius 3 is 2.85 bits per heavy atom. The molecule has 2 aliphatic rings. The molecule has 3 aromatic rings. The van der Waals surface area contributed by atoms with Gasteiger partial charge in [0.05, 0.1) is 0 Å². The number of aromatic nitrogens is 4. The Morgan fingerprint density at radius 1 is 1.15 bits per heavy atom. The van der Waals surface area contributed by atoms with Crippen LogP contribution in [0.15, 0.2) is 24.3 Å². The Bertz CT molecular complexity index is 977. The molecule has 134 valence electrons. The zero-order valence-electron chi connectivity index (χ0n) is 15.0. The van der Waals surface area contributed by atoms with E-state index >= 15 is 0 Å². The average Bonchev–Trinajstić information content (AvgIpc) is 3.36. The van der Waals surface area contributed by atoms with Crippen LogP contribution in [0.3, 0.4) is 0 Å². The number of carbonyl (C=O) groups excluding carboxylic acids is 1. The first-order valence-electron chi connectivity index (χ1n) is 9.49. The Kier molecular flexibility index (Phi) is 3.58. The molecule has 26 heavy (non-hydrogen) atoms. The van der Waals surface area contributed by atoms with Crippen LogP contribution in [0.2, 0.25) is 0 Å². The van der Waals surface area contributed by atoms with Crippen molar-refractivity contribution >= 4 is 16.8 Å². The third-order valence-electron chi connectivity index (χ3n) is 5.79. The Hall–Kier alpha value is -2.63. The van der Waals surface area contributed by atoms with Crippen molar-refractivity contribution in [2.24, 2.45) is 0 Å². The molecule has 0 radical (unpaired) electrons. The number of nitrogens with one attached hydrogen (secondary N) is 1. The molecule has 0 atom stereocenters. The van der Waals surface area contributed by atoms with E-state index in [9.17, 15) is 4.79 Å². The van der Waals surface area contributed by atoms with Crippen molar-refractivity contribution in [3.8, 4) is 0 Å². The SMILES string of the molecule is Cc1ccc2[nH]c(C(=O)N3CCC(c4nnc5n4CCC5)CC3)cc2c1. The molecule has 1 N–H and O–H groups in total. The number of aryl methyl sites for hydroxylation is 2. The number of amides is 1. The molecule has 1 fully saturated rings. The van der Waals surface area contributed by atoms with Crippen LogP contribution >= 0.6 is 0 Å². The number of hydrogen-bond acceptors (Lipinski definition) is 3. The third kappa shape index (κ3) is 2.52. The summed E-state index contributed by atoms with van der Waals surface area (Å²) in [6.07, 6.45) is 4.14. The van der Waals surface area contributed by atoms with Gasteiger partial charge in [-0.25, -0.2) is 0 Å². The van der Waals surface area contributed by atoms with Gasteiger partial charge in [-0.1, -0.05) is 11.6 Å². The molecule has 5 rings (SSSR count). The van der Waals surface area contributed by atoms with Gasteiger partial charge in [-0.2, -0.15) is 0 Å². The minimum Gasteiger partial charge on any atom is -0.351 e. The zero-order chi connectivity index (χ0) is 17.7. The summed E-state index contributed by atoms with van der Waals surface area (Å²) in [4.78, 5) is 18.1. The standard InChI is InChI=1S/C20H23N5O/c1-13-4-5-16-15(11-13)12-17(21-16)20(26)24-9-6-14(7-10-24)19-23-22-18-3-2-8-25(18)19/h4-5,11-12,14,21H,2-3,6-10H2,1H3. The topological polar surface area (TPSA) is 66.8 Å².